The van der Waals surface area contributed by atoms with Crippen molar-refractivity contribution < 1.29 is 4.39 Å². The van der Waals surface area contributed by atoms with Gasteiger partial charge in [-0.15, -0.1) is 12.4 Å². The first kappa shape index (κ1) is 17.4. The van der Waals surface area contributed by atoms with Gasteiger partial charge in [0.15, 0.2) is 0 Å². The fourth-order valence-corrected chi connectivity index (χ4v) is 2.73. The van der Waals surface area contributed by atoms with Crippen LogP contribution in [-0.2, 0) is 6.42 Å². The number of anilines is 1. The van der Waals surface area contributed by atoms with E-state index in [0.717, 1.165) is 31.5 Å². The first-order valence-electron chi connectivity index (χ1n) is 7.48. The first-order valence-corrected chi connectivity index (χ1v) is 7.48. The van der Waals surface area contributed by atoms with Crippen LogP contribution in [0.5, 0.6) is 0 Å². The summed E-state index contributed by atoms with van der Waals surface area (Å²) in [5, 5.41) is 0. The van der Waals surface area contributed by atoms with Gasteiger partial charge in [0.25, 0.3) is 5.56 Å². The van der Waals surface area contributed by atoms with Crippen molar-refractivity contribution in [3.63, 3.8) is 0 Å². The van der Waals surface area contributed by atoms with Gasteiger partial charge in [-0.1, -0.05) is 12.1 Å². The van der Waals surface area contributed by atoms with Crippen LogP contribution in [0.4, 0.5) is 10.3 Å². The van der Waals surface area contributed by atoms with Gasteiger partial charge in [-0.3, -0.25) is 9.78 Å². The molecule has 1 fully saturated rings. The predicted molar refractivity (Wildman–Crippen MR) is 90.6 cm³/mol. The maximum absolute atomic E-state index is 13.0. The van der Waals surface area contributed by atoms with Crippen LogP contribution in [0.25, 0.3) is 0 Å². The van der Waals surface area contributed by atoms with Crippen LogP contribution >= 0.6 is 12.4 Å². The molecule has 0 amide bonds. The summed E-state index contributed by atoms with van der Waals surface area (Å²) in [6.45, 7) is 1.83. The molecule has 2 aromatic rings. The molecule has 1 aliphatic rings. The van der Waals surface area contributed by atoms with Gasteiger partial charge >= 0.3 is 0 Å². The third-order valence-corrected chi connectivity index (χ3v) is 3.92. The number of H-pyrrole nitrogens is 1. The summed E-state index contributed by atoms with van der Waals surface area (Å²) in [5.74, 6) is 0.327. The monoisotopic (exact) mass is 338 g/mol. The highest BCUT2D eigenvalue weighted by atomic mass is 35.5. The lowest BCUT2D eigenvalue weighted by Gasteiger charge is -2.17. The molecule has 1 aromatic heterocycles. The number of nitrogens with two attached hydrogens (primary N) is 1. The topological polar surface area (TPSA) is 75.0 Å². The van der Waals surface area contributed by atoms with Crippen LogP contribution in [0, 0.1) is 5.82 Å². The Hall–Kier alpha value is -1.92. The number of hydrogen-bond donors (Lipinski definition) is 2. The summed E-state index contributed by atoms with van der Waals surface area (Å²) in [6, 6.07) is 7.25. The van der Waals surface area contributed by atoms with Crippen molar-refractivity contribution in [2.24, 2.45) is 5.73 Å². The molecule has 1 atom stereocenters. The van der Waals surface area contributed by atoms with Gasteiger partial charge in [-0.2, -0.15) is 0 Å². The van der Waals surface area contributed by atoms with Gasteiger partial charge in [-0.05, 0) is 30.5 Å². The van der Waals surface area contributed by atoms with E-state index < -0.39 is 0 Å². The summed E-state index contributed by atoms with van der Waals surface area (Å²) in [4.78, 5) is 21.2. The van der Waals surface area contributed by atoms with Crippen LogP contribution in [0.1, 0.15) is 30.1 Å². The number of rotatable bonds is 4. The lowest BCUT2D eigenvalue weighted by Crippen LogP contribution is -2.25. The molecule has 1 aromatic carbocycles. The Bertz CT molecular complexity index is 698. The van der Waals surface area contributed by atoms with Crippen LogP contribution < -0.4 is 16.2 Å². The second-order valence-electron chi connectivity index (χ2n) is 5.62. The fourth-order valence-electron chi connectivity index (χ4n) is 2.73. The lowest BCUT2D eigenvalue weighted by molar-refractivity contribution is 0.624. The number of aromatic nitrogens is 2. The van der Waals surface area contributed by atoms with E-state index in [1.807, 2.05) is 0 Å². The van der Waals surface area contributed by atoms with Crippen molar-refractivity contribution in [3.05, 3.63) is 57.8 Å². The summed E-state index contributed by atoms with van der Waals surface area (Å²) < 4.78 is 13.0. The molecule has 5 nitrogen and oxygen atoms in total. The molecule has 23 heavy (non-hydrogen) atoms. The Labute approximate surface area is 140 Å². The van der Waals surface area contributed by atoms with Gasteiger partial charge in [0.05, 0.1) is 5.69 Å². The SMILES string of the molecule is Cl.NC(Cc1cc(=O)[nH]c(N2CCCC2)n1)c1ccc(F)cc1. The molecular weight excluding hydrogens is 319 g/mol. The smallest absolute Gasteiger partial charge is 0.252 e. The van der Waals surface area contributed by atoms with Crippen molar-refractivity contribution in [2.45, 2.75) is 25.3 Å². The number of halogens is 2. The molecule has 2 heterocycles. The maximum Gasteiger partial charge on any atom is 0.252 e. The largest absolute Gasteiger partial charge is 0.342 e. The van der Waals surface area contributed by atoms with E-state index >= 15 is 0 Å². The van der Waals surface area contributed by atoms with Crippen molar-refractivity contribution in [1.29, 1.82) is 0 Å². The number of nitrogens with one attached hydrogen (secondary N) is 1. The molecular formula is C16H20ClFN4O. The second kappa shape index (κ2) is 7.57. The standard InChI is InChI=1S/C16H19FN4O.ClH/c17-12-5-3-11(4-6-12)14(18)9-13-10-15(22)20-16(19-13)21-7-1-2-8-21;/h3-6,10,14H,1-2,7-9,18H2,(H,19,20,22);1H. The van der Waals surface area contributed by atoms with Crippen molar-refractivity contribution >= 4 is 18.4 Å². The van der Waals surface area contributed by atoms with Gasteiger partial charge < -0.3 is 10.6 Å². The molecule has 7 heteroatoms. The zero-order valence-corrected chi connectivity index (χ0v) is 13.5. The summed E-state index contributed by atoms with van der Waals surface area (Å²) in [7, 11) is 0. The van der Waals surface area contributed by atoms with Gasteiger partial charge in [-0.25, -0.2) is 9.37 Å². The Kier molecular flexibility index (Phi) is 5.74. The third kappa shape index (κ3) is 4.30. The number of hydrogen-bond acceptors (Lipinski definition) is 4. The Balaban J connectivity index is 0.00000192. The average Bonchev–Trinajstić information content (AvgIpc) is 3.01. The quantitative estimate of drug-likeness (QED) is 0.896. The molecule has 0 saturated carbocycles. The zero-order valence-electron chi connectivity index (χ0n) is 12.7. The fraction of sp³-hybridized carbons (Fsp3) is 0.375. The minimum atomic E-state index is -0.318. The Morgan fingerprint density at radius 3 is 2.57 bits per heavy atom. The summed E-state index contributed by atoms with van der Waals surface area (Å²) in [6.07, 6.45) is 2.67. The molecule has 0 spiro atoms. The van der Waals surface area contributed by atoms with E-state index in [0.29, 0.717) is 18.1 Å². The van der Waals surface area contributed by atoms with Crippen molar-refractivity contribution in [3.8, 4) is 0 Å². The molecule has 1 saturated heterocycles. The highest BCUT2D eigenvalue weighted by Crippen LogP contribution is 2.18. The second-order valence-corrected chi connectivity index (χ2v) is 5.62. The van der Waals surface area contributed by atoms with Crippen molar-refractivity contribution in [2.75, 3.05) is 18.0 Å². The van der Waals surface area contributed by atoms with E-state index in [4.69, 9.17) is 5.73 Å². The molecule has 0 radical (unpaired) electrons. The third-order valence-electron chi connectivity index (χ3n) is 3.92. The van der Waals surface area contributed by atoms with E-state index in [2.05, 4.69) is 14.9 Å². The number of aromatic amines is 1. The highest BCUT2D eigenvalue weighted by molar-refractivity contribution is 5.85. The normalized spacial score (nSPS) is 15.3. The average molecular weight is 339 g/mol. The molecule has 3 N–H and O–H groups in total. The van der Waals surface area contributed by atoms with Crippen LogP contribution in [0.2, 0.25) is 0 Å². The predicted octanol–water partition coefficient (Wildman–Crippen LogP) is 2.17. The summed E-state index contributed by atoms with van der Waals surface area (Å²) >= 11 is 0. The van der Waals surface area contributed by atoms with Crippen molar-refractivity contribution in [1.82, 2.24) is 9.97 Å². The molecule has 3 rings (SSSR count). The highest BCUT2D eigenvalue weighted by Gasteiger charge is 2.16. The van der Waals surface area contributed by atoms with E-state index in [-0.39, 0.29) is 29.8 Å². The van der Waals surface area contributed by atoms with Gasteiger partial charge in [0.2, 0.25) is 5.95 Å². The molecule has 124 valence electrons. The zero-order chi connectivity index (χ0) is 15.5. The molecule has 1 aliphatic heterocycles. The molecule has 0 bridgehead atoms. The lowest BCUT2D eigenvalue weighted by atomic mass is 10.0. The van der Waals surface area contributed by atoms with E-state index in [1.165, 1.54) is 18.2 Å². The summed E-state index contributed by atoms with van der Waals surface area (Å²) in [5.41, 5.74) is 7.45. The number of benzene rings is 1. The minimum absolute atomic E-state index is 0. The minimum Gasteiger partial charge on any atom is -0.342 e. The maximum atomic E-state index is 13.0. The van der Waals surface area contributed by atoms with Gasteiger partial charge in [0.1, 0.15) is 5.82 Å². The first-order chi connectivity index (χ1) is 10.6. The van der Waals surface area contributed by atoms with Crippen LogP contribution in [0.3, 0.4) is 0 Å². The van der Waals surface area contributed by atoms with E-state index in [1.54, 1.807) is 12.1 Å². The van der Waals surface area contributed by atoms with Crippen LogP contribution in [0.15, 0.2) is 35.1 Å². The molecule has 0 aliphatic carbocycles. The number of nitrogens with zero attached hydrogens (tertiary/aromatic N) is 2. The molecule has 1 unspecified atom stereocenters. The Morgan fingerprint density at radius 1 is 1.26 bits per heavy atom. The Morgan fingerprint density at radius 2 is 1.91 bits per heavy atom. The van der Waals surface area contributed by atoms with Crippen LogP contribution in [-0.4, -0.2) is 23.1 Å². The van der Waals surface area contributed by atoms with Gasteiger partial charge in [0, 0.05) is 31.6 Å². The van der Waals surface area contributed by atoms with E-state index in [9.17, 15) is 9.18 Å².